The molecule has 17 heavy (non-hydrogen) atoms. The van der Waals surface area contributed by atoms with E-state index in [2.05, 4.69) is 22.9 Å². The maximum Gasteiger partial charge on any atom is 0.241 e. The van der Waals surface area contributed by atoms with Gasteiger partial charge in [-0.2, -0.15) is 0 Å². The van der Waals surface area contributed by atoms with E-state index in [0.717, 1.165) is 0 Å². The zero-order valence-electron chi connectivity index (χ0n) is 8.71. The second-order valence-corrected chi connectivity index (χ2v) is 4.05. The summed E-state index contributed by atoms with van der Waals surface area (Å²) in [5.41, 5.74) is 0.510. The van der Waals surface area contributed by atoms with Gasteiger partial charge in [-0.1, -0.05) is 30.3 Å². The van der Waals surface area contributed by atoms with Crippen molar-refractivity contribution in [3.8, 4) is 0 Å². The van der Waals surface area contributed by atoms with Crippen LogP contribution in [0.25, 0.3) is 0 Å². The first-order valence-corrected chi connectivity index (χ1v) is 5.39. The van der Waals surface area contributed by atoms with Gasteiger partial charge in [0.05, 0.1) is 6.10 Å². The predicted octanol–water partition coefficient (Wildman–Crippen LogP) is -0.133. The fourth-order valence-electron chi connectivity index (χ4n) is 1.66. The monoisotopic (exact) mass is 250 g/mol. The van der Waals surface area contributed by atoms with Gasteiger partial charge in [-0.25, -0.2) is 0 Å². The summed E-state index contributed by atoms with van der Waals surface area (Å²) in [5.74, 6) is -2.35. The summed E-state index contributed by atoms with van der Waals surface area (Å²) in [5, 5.41) is 14.6. The van der Waals surface area contributed by atoms with Crippen molar-refractivity contribution in [1.82, 2.24) is 10.6 Å². The van der Waals surface area contributed by atoms with Crippen molar-refractivity contribution in [1.29, 1.82) is 0 Å². The lowest BCUT2D eigenvalue weighted by Gasteiger charge is -2.26. The van der Waals surface area contributed by atoms with Crippen LogP contribution >= 0.6 is 12.2 Å². The number of hydrogen-bond acceptors (Lipinski definition) is 4. The molecule has 1 aliphatic rings. The SMILES string of the molecule is O=C1NC(=S)NC(=O)C1C(O)c1ccccc1. The van der Waals surface area contributed by atoms with Crippen LogP contribution in [0.1, 0.15) is 11.7 Å². The number of carbonyl (C=O) groups is 2. The third-order valence-corrected chi connectivity index (χ3v) is 2.70. The lowest BCUT2D eigenvalue weighted by molar-refractivity contribution is -0.140. The molecule has 0 aliphatic carbocycles. The van der Waals surface area contributed by atoms with Crippen molar-refractivity contribution in [2.45, 2.75) is 6.10 Å². The molecule has 1 fully saturated rings. The van der Waals surface area contributed by atoms with Crippen LogP contribution < -0.4 is 10.6 Å². The van der Waals surface area contributed by atoms with E-state index in [1.807, 2.05) is 0 Å². The largest absolute Gasteiger partial charge is 0.387 e. The van der Waals surface area contributed by atoms with Crippen LogP contribution in [0.2, 0.25) is 0 Å². The smallest absolute Gasteiger partial charge is 0.241 e. The number of benzene rings is 1. The molecule has 2 rings (SSSR count). The summed E-state index contributed by atoms with van der Waals surface area (Å²) in [6.45, 7) is 0. The summed E-state index contributed by atoms with van der Waals surface area (Å²) in [7, 11) is 0. The third-order valence-electron chi connectivity index (χ3n) is 2.50. The summed E-state index contributed by atoms with van der Waals surface area (Å²) >= 11 is 4.67. The van der Waals surface area contributed by atoms with E-state index >= 15 is 0 Å². The molecule has 1 aliphatic heterocycles. The van der Waals surface area contributed by atoms with Crippen LogP contribution in [0.3, 0.4) is 0 Å². The first-order valence-electron chi connectivity index (χ1n) is 4.98. The Hall–Kier alpha value is -1.79. The number of thiocarbonyl (C=S) groups is 1. The zero-order chi connectivity index (χ0) is 12.4. The van der Waals surface area contributed by atoms with Gasteiger partial charge in [-0.3, -0.25) is 9.59 Å². The van der Waals surface area contributed by atoms with Gasteiger partial charge in [0.1, 0.15) is 5.92 Å². The maximum atomic E-state index is 11.6. The van der Waals surface area contributed by atoms with E-state index in [-0.39, 0.29) is 5.11 Å². The molecule has 88 valence electrons. The summed E-state index contributed by atoms with van der Waals surface area (Å²) in [6, 6.07) is 8.53. The van der Waals surface area contributed by atoms with Crippen molar-refractivity contribution in [3.05, 3.63) is 35.9 Å². The van der Waals surface area contributed by atoms with Crippen molar-refractivity contribution in [3.63, 3.8) is 0 Å². The number of aliphatic hydroxyl groups is 1. The maximum absolute atomic E-state index is 11.6. The number of carbonyl (C=O) groups excluding carboxylic acids is 2. The first-order chi connectivity index (χ1) is 8.09. The minimum absolute atomic E-state index is 0.0310. The second-order valence-electron chi connectivity index (χ2n) is 3.64. The Bertz CT molecular complexity index is 455. The fourth-order valence-corrected chi connectivity index (χ4v) is 1.86. The highest BCUT2D eigenvalue weighted by molar-refractivity contribution is 7.80. The number of rotatable bonds is 2. The summed E-state index contributed by atoms with van der Waals surface area (Å²) < 4.78 is 0. The normalized spacial score (nSPS) is 18.5. The molecule has 0 radical (unpaired) electrons. The van der Waals surface area contributed by atoms with Crippen LogP contribution in [-0.4, -0.2) is 22.0 Å². The minimum Gasteiger partial charge on any atom is -0.387 e. The number of hydrogen-bond donors (Lipinski definition) is 3. The van der Waals surface area contributed by atoms with E-state index in [0.29, 0.717) is 5.56 Å². The quantitative estimate of drug-likeness (QED) is 0.504. The molecule has 1 saturated heterocycles. The van der Waals surface area contributed by atoms with E-state index in [9.17, 15) is 14.7 Å². The Morgan fingerprint density at radius 1 is 1.12 bits per heavy atom. The molecular formula is C11H10N2O3S. The molecule has 5 nitrogen and oxygen atoms in total. The van der Waals surface area contributed by atoms with Gasteiger partial charge in [-0.15, -0.1) is 0 Å². The average molecular weight is 250 g/mol. The van der Waals surface area contributed by atoms with Gasteiger partial charge in [0.2, 0.25) is 11.8 Å². The molecule has 1 heterocycles. The second kappa shape index (κ2) is 4.60. The molecule has 1 aromatic carbocycles. The van der Waals surface area contributed by atoms with Crippen LogP contribution in [-0.2, 0) is 9.59 Å². The molecular weight excluding hydrogens is 240 g/mol. The number of nitrogens with one attached hydrogen (secondary N) is 2. The number of amides is 2. The Balaban J connectivity index is 2.25. The van der Waals surface area contributed by atoms with E-state index in [1.165, 1.54) is 0 Å². The van der Waals surface area contributed by atoms with E-state index in [4.69, 9.17) is 0 Å². The lowest BCUT2D eigenvalue weighted by atomic mass is 9.93. The Labute approximate surface area is 103 Å². The third kappa shape index (κ3) is 2.32. The Kier molecular flexibility index (Phi) is 3.16. The van der Waals surface area contributed by atoms with Gasteiger partial charge in [-0.05, 0) is 17.8 Å². The average Bonchev–Trinajstić information content (AvgIpc) is 2.28. The van der Waals surface area contributed by atoms with Crippen molar-refractivity contribution < 1.29 is 14.7 Å². The van der Waals surface area contributed by atoms with Gasteiger partial charge in [0.15, 0.2) is 5.11 Å². The van der Waals surface area contributed by atoms with Crippen LogP contribution in [0.4, 0.5) is 0 Å². The molecule has 1 unspecified atom stereocenters. The van der Waals surface area contributed by atoms with Gasteiger partial charge in [0.25, 0.3) is 0 Å². The molecule has 1 aromatic rings. The number of aliphatic hydroxyl groups excluding tert-OH is 1. The lowest BCUT2D eigenvalue weighted by Crippen LogP contribution is -2.57. The molecule has 1 atom stereocenters. The highest BCUT2D eigenvalue weighted by Crippen LogP contribution is 2.23. The van der Waals surface area contributed by atoms with E-state index < -0.39 is 23.8 Å². The van der Waals surface area contributed by atoms with Gasteiger partial charge in [0, 0.05) is 0 Å². The van der Waals surface area contributed by atoms with Gasteiger partial charge < -0.3 is 15.7 Å². The summed E-state index contributed by atoms with van der Waals surface area (Å²) in [6.07, 6.45) is -1.18. The van der Waals surface area contributed by atoms with Crippen LogP contribution in [0.5, 0.6) is 0 Å². The standard InChI is InChI=1S/C11H10N2O3S/c14-8(6-4-2-1-3-5-6)7-9(15)12-11(17)13-10(7)16/h1-5,7-8,14H,(H2,12,13,15,16,17). The highest BCUT2D eigenvalue weighted by atomic mass is 32.1. The summed E-state index contributed by atoms with van der Waals surface area (Å²) in [4.78, 5) is 23.2. The molecule has 2 amide bonds. The molecule has 0 spiro atoms. The van der Waals surface area contributed by atoms with Crippen molar-refractivity contribution in [2.75, 3.05) is 0 Å². The molecule has 0 saturated carbocycles. The predicted molar refractivity (Wildman–Crippen MR) is 63.8 cm³/mol. The molecule has 0 aromatic heterocycles. The van der Waals surface area contributed by atoms with Crippen LogP contribution in [0.15, 0.2) is 30.3 Å². The topological polar surface area (TPSA) is 78.4 Å². The van der Waals surface area contributed by atoms with E-state index in [1.54, 1.807) is 30.3 Å². The minimum atomic E-state index is -1.18. The van der Waals surface area contributed by atoms with Crippen molar-refractivity contribution >= 4 is 29.1 Å². The molecule has 6 heteroatoms. The van der Waals surface area contributed by atoms with Gasteiger partial charge >= 0.3 is 0 Å². The molecule has 3 N–H and O–H groups in total. The molecule has 0 bridgehead atoms. The Morgan fingerprint density at radius 3 is 2.18 bits per heavy atom. The Morgan fingerprint density at radius 2 is 1.65 bits per heavy atom. The first kappa shape index (κ1) is 11.7. The van der Waals surface area contributed by atoms with Crippen LogP contribution in [0, 0.1) is 5.92 Å². The fraction of sp³-hybridized carbons (Fsp3) is 0.182. The van der Waals surface area contributed by atoms with Crippen molar-refractivity contribution in [2.24, 2.45) is 5.92 Å². The zero-order valence-corrected chi connectivity index (χ0v) is 9.53. The highest BCUT2D eigenvalue weighted by Gasteiger charge is 2.38.